The van der Waals surface area contributed by atoms with Crippen molar-refractivity contribution >= 4 is 18.7 Å². The smallest absolute Gasteiger partial charge is 0.261 e. The average Bonchev–Trinajstić information content (AvgIpc) is 3.37. The molecule has 1 saturated heterocycles. The molecule has 42 heavy (non-hydrogen) atoms. The van der Waals surface area contributed by atoms with E-state index in [1.807, 2.05) is 36.4 Å². The van der Waals surface area contributed by atoms with Gasteiger partial charge in [-0.25, -0.2) is 0 Å². The van der Waals surface area contributed by atoms with Gasteiger partial charge in [0.2, 0.25) is 0 Å². The Hall–Kier alpha value is -3.10. The first-order chi connectivity index (χ1) is 20.4. The van der Waals surface area contributed by atoms with Crippen LogP contribution in [0.15, 0.2) is 121 Å². The summed E-state index contributed by atoms with van der Waals surface area (Å²) in [7, 11) is -2.76. The van der Waals surface area contributed by atoms with Crippen LogP contribution < -0.4 is 15.7 Å². The molecule has 4 aromatic rings. The summed E-state index contributed by atoms with van der Waals surface area (Å²) in [5, 5.41) is 16.4. The van der Waals surface area contributed by atoms with Crippen molar-refractivity contribution in [3.8, 4) is 0 Å². The van der Waals surface area contributed by atoms with E-state index in [0.717, 1.165) is 11.1 Å². The van der Waals surface area contributed by atoms with Gasteiger partial charge in [-0.1, -0.05) is 142 Å². The van der Waals surface area contributed by atoms with E-state index in [1.54, 1.807) is 0 Å². The zero-order chi connectivity index (χ0) is 29.4. The Morgan fingerprint density at radius 1 is 0.619 bits per heavy atom. The number of hydrogen-bond donors (Lipinski definition) is 2. The number of ether oxygens (including phenoxy) is 2. The minimum absolute atomic E-state index is 0.0552. The number of nitrogens with one attached hydrogen (secondary N) is 1. The number of aliphatic hydroxyl groups excluding tert-OH is 1. The van der Waals surface area contributed by atoms with E-state index in [0.29, 0.717) is 19.8 Å². The van der Waals surface area contributed by atoms with Crippen molar-refractivity contribution < 1.29 is 19.0 Å². The van der Waals surface area contributed by atoms with Gasteiger partial charge >= 0.3 is 0 Å². The molecule has 4 atom stereocenters. The molecular formula is C36H43NO4Si. The summed E-state index contributed by atoms with van der Waals surface area (Å²) in [5.74, 6) is 0. The average molecular weight is 582 g/mol. The molecule has 0 saturated carbocycles. The van der Waals surface area contributed by atoms with Crippen molar-refractivity contribution in [2.45, 2.75) is 63.3 Å². The Morgan fingerprint density at radius 3 is 1.43 bits per heavy atom. The quantitative estimate of drug-likeness (QED) is 0.229. The normalized spacial score (nSPS) is 21.0. The Bertz CT molecular complexity index is 1310. The molecule has 0 amide bonds. The van der Waals surface area contributed by atoms with Crippen LogP contribution in [0.3, 0.4) is 0 Å². The molecule has 2 N–H and O–H groups in total. The fraction of sp³-hybridized carbons (Fsp3) is 0.333. The fourth-order valence-corrected chi connectivity index (χ4v) is 10.7. The first-order valence-electron chi connectivity index (χ1n) is 14.9. The zero-order valence-electron chi connectivity index (χ0n) is 24.9. The third-order valence-corrected chi connectivity index (χ3v) is 13.2. The lowest BCUT2D eigenvalue weighted by molar-refractivity contribution is -0.0851. The molecule has 0 bridgehead atoms. The highest BCUT2D eigenvalue weighted by molar-refractivity contribution is 6.99. The lowest BCUT2D eigenvalue weighted by atomic mass is 10.1. The van der Waals surface area contributed by atoms with Crippen molar-refractivity contribution in [3.63, 3.8) is 0 Å². The largest absolute Gasteiger partial charge is 0.406 e. The molecule has 1 fully saturated rings. The highest BCUT2D eigenvalue weighted by Crippen LogP contribution is 2.37. The number of rotatable bonds is 12. The first kappa shape index (κ1) is 30.4. The Labute approximate surface area is 251 Å². The lowest BCUT2D eigenvalue weighted by Crippen LogP contribution is -2.67. The topological polar surface area (TPSA) is 60.0 Å². The van der Waals surface area contributed by atoms with Gasteiger partial charge in [0.1, 0.15) is 12.2 Å². The minimum Gasteiger partial charge on any atom is -0.406 e. The van der Waals surface area contributed by atoms with Gasteiger partial charge in [-0.2, -0.15) is 0 Å². The van der Waals surface area contributed by atoms with Crippen LogP contribution in [0.25, 0.3) is 0 Å². The van der Waals surface area contributed by atoms with Gasteiger partial charge in [0, 0.05) is 0 Å². The fourth-order valence-electron chi connectivity index (χ4n) is 6.15. The van der Waals surface area contributed by atoms with Crippen LogP contribution in [0, 0.1) is 0 Å². The molecule has 0 radical (unpaired) electrons. The SMILES string of the molecule is CC(C)(C)[Si](OC[C@@H]1N[C@H](CO)[C@@H](OCc2ccccc2)[C@H]1OCc1ccccc1)(c1ccccc1)c1ccccc1. The van der Waals surface area contributed by atoms with Gasteiger partial charge in [0.25, 0.3) is 8.32 Å². The summed E-state index contributed by atoms with van der Waals surface area (Å²) in [6.45, 7) is 8.12. The third-order valence-electron chi connectivity index (χ3n) is 8.21. The molecule has 0 spiro atoms. The van der Waals surface area contributed by atoms with Crippen LogP contribution in [0.4, 0.5) is 0 Å². The monoisotopic (exact) mass is 581 g/mol. The Balaban J connectivity index is 1.45. The van der Waals surface area contributed by atoms with E-state index in [-0.39, 0.29) is 35.9 Å². The molecule has 220 valence electrons. The second-order valence-electron chi connectivity index (χ2n) is 12.1. The van der Waals surface area contributed by atoms with Crippen LogP contribution in [-0.2, 0) is 27.1 Å². The van der Waals surface area contributed by atoms with Gasteiger partial charge in [0.05, 0.1) is 38.5 Å². The maximum absolute atomic E-state index is 10.4. The Kier molecular flexibility index (Phi) is 10.1. The van der Waals surface area contributed by atoms with Gasteiger partial charge in [0.15, 0.2) is 0 Å². The van der Waals surface area contributed by atoms with Crippen molar-refractivity contribution in [2.75, 3.05) is 13.2 Å². The van der Waals surface area contributed by atoms with Crippen LogP contribution >= 0.6 is 0 Å². The van der Waals surface area contributed by atoms with E-state index in [1.165, 1.54) is 10.4 Å². The second kappa shape index (κ2) is 13.9. The molecular weight excluding hydrogens is 538 g/mol. The summed E-state index contributed by atoms with van der Waals surface area (Å²) in [6, 6.07) is 41.2. The summed E-state index contributed by atoms with van der Waals surface area (Å²) in [4.78, 5) is 0. The molecule has 0 unspecified atom stereocenters. The molecule has 0 aliphatic carbocycles. The molecule has 1 heterocycles. The van der Waals surface area contributed by atoms with E-state index >= 15 is 0 Å². The number of aliphatic hydroxyl groups is 1. The maximum Gasteiger partial charge on any atom is 0.261 e. The van der Waals surface area contributed by atoms with Crippen LogP contribution in [0.5, 0.6) is 0 Å². The molecule has 0 aromatic heterocycles. The van der Waals surface area contributed by atoms with Crippen LogP contribution in [0.1, 0.15) is 31.9 Å². The van der Waals surface area contributed by atoms with Gasteiger partial charge in [-0.15, -0.1) is 0 Å². The maximum atomic E-state index is 10.4. The van der Waals surface area contributed by atoms with Crippen molar-refractivity contribution in [2.24, 2.45) is 0 Å². The van der Waals surface area contributed by atoms with E-state index < -0.39 is 8.32 Å². The molecule has 1 aliphatic rings. The molecule has 1 aliphatic heterocycles. The van der Waals surface area contributed by atoms with E-state index in [9.17, 15) is 5.11 Å². The highest BCUT2D eigenvalue weighted by Gasteiger charge is 2.52. The van der Waals surface area contributed by atoms with Crippen molar-refractivity contribution in [3.05, 3.63) is 132 Å². The number of benzene rings is 4. The molecule has 5 nitrogen and oxygen atoms in total. The molecule has 5 rings (SSSR count). The zero-order valence-corrected chi connectivity index (χ0v) is 25.9. The lowest BCUT2D eigenvalue weighted by Gasteiger charge is -2.43. The standard InChI is InChI=1S/C36H43NO4Si/c1-36(2,3)42(30-20-12-6-13-21-30,31-22-14-7-15-23-31)41-27-33-35(40-26-29-18-10-5-11-19-29)34(32(24-38)37-33)39-25-28-16-8-4-9-17-28/h4-23,32-35,37-38H,24-27H2,1-3H3/t32-,33+,34-,35+/m1/s1. The summed E-state index contributed by atoms with van der Waals surface area (Å²) < 4.78 is 20.4. The summed E-state index contributed by atoms with van der Waals surface area (Å²) >= 11 is 0. The van der Waals surface area contributed by atoms with E-state index in [4.69, 9.17) is 13.9 Å². The minimum atomic E-state index is -2.76. The molecule has 6 heteroatoms. The van der Waals surface area contributed by atoms with Crippen LogP contribution in [0.2, 0.25) is 5.04 Å². The second-order valence-corrected chi connectivity index (χ2v) is 16.4. The highest BCUT2D eigenvalue weighted by atomic mass is 28.4. The Morgan fingerprint density at radius 2 is 1.02 bits per heavy atom. The van der Waals surface area contributed by atoms with Gasteiger partial charge in [-0.3, -0.25) is 0 Å². The van der Waals surface area contributed by atoms with Crippen molar-refractivity contribution in [1.82, 2.24) is 5.32 Å². The first-order valence-corrected chi connectivity index (χ1v) is 16.8. The summed E-state index contributed by atoms with van der Waals surface area (Å²) in [6.07, 6.45) is -0.657. The van der Waals surface area contributed by atoms with E-state index in [2.05, 4.69) is 111 Å². The van der Waals surface area contributed by atoms with Gasteiger partial charge in [-0.05, 0) is 26.5 Å². The third kappa shape index (κ3) is 6.75. The number of hydrogen-bond acceptors (Lipinski definition) is 5. The van der Waals surface area contributed by atoms with Gasteiger partial charge < -0.3 is 24.3 Å². The molecule has 4 aromatic carbocycles. The summed E-state index contributed by atoms with van der Waals surface area (Å²) in [5.41, 5.74) is 2.18. The predicted molar refractivity (Wildman–Crippen MR) is 171 cm³/mol. The van der Waals surface area contributed by atoms with Crippen LogP contribution in [-0.4, -0.2) is 50.9 Å². The predicted octanol–water partition coefficient (Wildman–Crippen LogP) is 5.07. The van der Waals surface area contributed by atoms with Crippen molar-refractivity contribution in [1.29, 1.82) is 0 Å².